The molecule has 124 valence electrons. The van der Waals surface area contributed by atoms with Crippen molar-refractivity contribution in [2.75, 3.05) is 0 Å². The molecule has 0 saturated heterocycles. The zero-order chi connectivity index (χ0) is 15.7. The number of aliphatic hydroxyl groups is 2. The largest absolute Gasteiger partial charge is 0.393 e. The molecule has 3 nitrogen and oxygen atoms in total. The van der Waals surface area contributed by atoms with Crippen LogP contribution in [-0.2, 0) is 4.79 Å². The van der Waals surface area contributed by atoms with Gasteiger partial charge in [0.05, 0.1) is 12.2 Å². The number of hydrogen-bond donors (Lipinski definition) is 2. The highest BCUT2D eigenvalue weighted by molar-refractivity contribution is 5.83. The van der Waals surface area contributed by atoms with Gasteiger partial charge in [-0.15, -0.1) is 0 Å². The first-order valence-electron chi connectivity index (χ1n) is 9.25. The number of ketones is 1. The summed E-state index contributed by atoms with van der Waals surface area (Å²) in [6.45, 7) is 4.61. The van der Waals surface area contributed by atoms with Crippen molar-refractivity contribution in [3.05, 3.63) is 0 Å². The number of rotatable bonds is 0. The highest BCUT2D eigenvalue weighted by atomic mass is 16.3. The molecule has 0 heterocycles. The van der Waals surface area contributed by atoms with E-state index in [9.17, 15) is 15.0 Å². The quantitative estimate of drug-likeness (QED) is 0.723. The van der Waals surface area contributed by atoms with Crippen LogP contribution in [0.25, 0.3) is 0 Å². The van der Waals surface area contributed by atoms with Gasteiger partial charge in [0.25, 0.3) is 0 Å². The molecule has 4 aliphatic rings. The fraction of sp³-hybridized carbons (Fsp3) is 0.947. The first-order chi connectivity index (χ1) is 10.4. The molecule has 4 rings (SSSR count). The summed E-state index contributed by atoms with van der Waals surface area (Å²) < 4.78 is 0. The molecule has 0 aromatic heterocycles. The van der Waals surface area contributed by atoms with E-state index in [2.05, 4.69) is 13.8 Å². The van der Waals surface area contributed by atoms with Crippen LogP contribution in [0.2, 0.25) is 0 Å². The van der Waals surface area contributed by atoms with E-state index in [-0.39, 0.29) is 29.0 Å². The molecule has 2 N–H and O–H groups in total. The zero-order valence-corrected chi connectivity index (χ0v) is 13.9. The van der Waals surface area contributed by atoms with Gasteiger partial charge in [-0.05, 0) is 73.5 Å². The van der Waals surface area contributed by atoms with Gasteiger partial charge in [0.1, 0.15) is 5.78 Å². The molecule has 22 heavy (non-hydrogen) atoms. The second-order valence-corrected chi connectivity index (χ2v) is 9.18. The number of carbonyl (C=O) groups is 1. The summed E-state index contributed by atoms with van der Waals surface area (Å²) in [4.78, 5) is 13.0. The van der Waals surface area contributed by atoms with Gasteiger partial charge in [0, 0.05) is 12.3 Å². The maximum absolute atomic E-state index is 13.0. The lowest BCUT2D eigenvalue weighted by Crippen LogP contribution is -2.57. The molecule has 4 aliphatic carbocycles. The molecule has 0 bridgehead atoms. The van der Waals surface area contributed by atoms with Crippen molar-refractivity contribution in [1.82, 2.24) is 0 Å². The van der Waals surface area contributed by atoms with Crippen molar-refractivity contribution in [2.24, 2.45) is 34.5 Å². The van der Waals surface area contributed by atoms with Crippen LogP contribution in [0.4, 0.5) is 0 Å². The lowest BCUT2D eigenvalue weighted by Gasteiger charge is -2.59. The van der Waals surface area contributed by atoms with Crippen LogP contribution >= 0.6 is 0 Å². The average Bonchev–Trinajstić information content (AvgIpc) is 2.77. The molecular weight excluding hydrogens is 276 g/mol. The van der Waals surface area contributed by atoms with Crippen LogP contribution in [0.3, 0.4) is 0 Å². The van der Waals surface area contributed by atoms with E-state index < -0.39 is 0 Å². The summed E-state index contributed by atoms with van der Waals surface area (Å²) in [5.74, 6) is 1.85. The molecule has 4 fully saturated rings. The van der Waals surface area contributed by atoms with Gasteiger partial charge >= 0.3 is 0 Å². The highest BCUT2D eigenvalue weighted by Gasteiger charge is 2.62. The molecule has 0 spiro atoms. The molecule has 3 heteroatoms. The summed E-state index contributed by atoms with van der Waals surface area (Å²) in [5.41, 5.74) is 0.195. The minimum atomic E-state index is -0.218. The number of aliphatic hydroxyl groups excluding tert-OH is 2. The van der Waals surface area contributed by atoms with Crippen molar-refractivity contribution in [2.45, 2.75) is 77.4 Å². The van der Waals surface area contributed by atoms with Crippen LogP contribution in [0.1, 0.15) is 65.2 Å². The normalized spacial score (nSPS) is 57.9. The van der Waals surface area contributed by atoms with Crippen molar-refractivity contribution < 1.29 is 15.0 Å². The monoisotopic (exact) mass is 306 g/mol. The van der Waals surface area contributed by atoms with Gasteiger partial charge < -0.3 is 10.2 Å². The predicted octanol–water partition coefficient (Wildman–Crippen LogP) is 2.93. The van der Waals surface area contributed by atoms with Crippen LogP contribution in [0, 0.1) is 34.5 Å². The fourth-order valence-corrected chi connectivity index (χ4v) is 6.88. The Hall–Kier alpha value is -0.410. The van der Waals surface area contributed by atoms with E-state index in [1.165, 1.54) is 0 Å². The molecule has 0 unspecified atom stereocenters. The molecule has 4 saturated carbocycles. The van der Waals surface area contributed by atoms with Crippen molar-refractivity contribution in [1.29, 1.82) is 0 Å². The van der Waals surface area contributed by atoms with Crippen LogP contribution < -0.4 is 0 Å². The van der Waals surface area contributed by atoms with Gasteiger partial charge in [-0.3, -0.25) is 4.79 Å². The van der Waals surface area contributed by atoms with E-state index in [4.69, 9.17) is 0 Å². The van der Waals surface area contributed by atoms with Gasteiger partial charge in [0.15, 0.2) is 0 Å². The first-order valence-corrected chi connectivity index (χ1v) is 9.25. The molecule has 0 aliphatic heterocycles. The summed E-state index contributed by atoms with van der Waals surface area (Å²) in [6, 6.07) is 0. The van der Waals surface area contributed by atoms with E-state index in [0.717, 1.165) is 44.9 Å². The Labute approximate surface area is 133 Å². The molecule has 0 amide bonds. The topological polar surface area (TPSA) is 57.5 Å². The Morgan fingerprint density at radius 3 is 2.41 bits per heavy atom. The van der Waals surface area contributed by atoms with Crippen LogP contribution in [0.15, 0.2) is 0 Å². The Morgan fingerprint density at radius 2 is 1.64 bits per heavy atom. The van der Waals surface area contributed by atoms with E-state index in [0.29, 0.717) is 30.0 Å². The molecular formula is C19H30O3. The van der Waals surface area contributed by atoms with Gasteiger partial charge in [-0.1, -0.05) is 13.8 Å². The van der Waals surface area contributed by atoms with Gasteiger partial charge in [0.2, 0.25) is 0 Å². The third kappa shape index (κ3) is 1.84. The lowest BCUT2D eigenvalue weighted by atomic mass is 9.45. The zero-order valence-electron chi connectivity index (χ0n) is 13.9. The van der Waals surface area contributed by atoms with Gasteiger partial charge in [-0.25, -0.2) is 0 Å². The van der Waals surface area contributed by atoms with Crippen LogP contribution in [-0.4, -0.2) is 28.2 Å². The smallest absolute Gasteiger partial charge is 0.136 e. The summed E-state index contributed by atoms with van der Waals surface area (Å²) in [5, 5.41) is 20.5. The third-order valence-corrected chi connectivity index (χ3v) is 8.39. The van der Waals surface area contributed by atoms with Gasteiger partial charge in [-0.2, -0.15) is 0 Å². The minimum Gasteiger partial charge on any atom is -0.393 e. The highest BCUT2D eigenvalue weighted by Crippen LogP contribution is 2.65. The predicted molar refractivity (Wildman–Crippen MR) is 84.1 cm³/mol. The Bertz CT molecular complexity index is 489. The number of Topliss-reactive ketones (excluding diaryl/α,β-unsaturated/α-hetero) is 1. The van der Waals surface area contributed by atoms with E-state index >= 15 is 0 Å². The minimum absolute atomic E-state index is 0.0335. The first kappa shape index (κ1) is 15.1. The van der Waals surface area contributed by atoms with Crippen molar-refractivity contribution in [3.63, 3.8) is 0 Å². The van der Waals surface area contributed by atoms with Crippen molar-refractivity contribution in [3.8, 4) is 0 Å². The second kappa shape index (κ2) is 4.80. The second-order valence-electron chi connectivity index (χ2n) is 9.18. The molecule has 0 aromatic carbocycles. The fourth-order valence-electron chi connectivity index (χ4n) is 6.88. The van der Waals surface area contributed by atoms with E-state index in [1.807, 2.05) is 0 Å². The third-order valence-electron chi connectivity index (χ3n) is 8.39. The number of carbonyl (C=O) groups excluding carboxylic acids is 1. The summed E-state index contributed by atoms with van der Waals surface area (Å²) in [7, 11) is 0. The maximum atomic E-state index is 13.0. The number of hydrogen-bond acceptors (Lipinski definition) is 3. The maximum Gasteiger partial charge on any atom is 0.136 e. The SMILES string of the molecule is C[C@]12CC[C@H](O)C[C@@H]1CC(=O)[C@@H]1[C@H]2CC[C@@]2(C)[C@@H]1CC[C@@H]2O. The molecule has 0 radical (unpaired) electrons. The standard InChI is InChI=1S/C19H30O3/c1-18-7-5-12(20)9-11(18)10-15(21)17-13-3-4-16(22)19(13,2)8-6-14(17)18/h11-14,16-17,20,22H,3-10H2,1-2H3/t11-,12+,13-,14-,16+,17+,18+,19+/m1/s1. The van der Waals surface area contributed by atoms with E-state index in [1.54, 1.807) is 0 Å². The molecule has 0 aromatic rings. The Balaban J connectivity index is 1.69. The Morgan fingerprint density at radius 1 is 0.955 bits per heavy atom. The summed E-state index contributed by atoms with van der Waals surface area (Å²) >= 11 is 0. The molecule has 8 atom stereocenters. The summed E-state index contributed by atoms with van der Waals surface area (Å²) in [6.07, 6.45) is 7.07. The average molecular weight is 306 g/mol. The lowest BCUT2D eigenvalue weighted by molar-refractivity contribution is -0.162. The Kier molecular flexibility index (Phi) is 3.30. The van der Waals surface area contributed by atoms with Crippen molar-refractivity contribution >= 4 is 5.78 Å². The van der Waals surface area contributed by atoms with Crippen LogP contribution in [0.5, 0.6) is 0 Å². The number of fused-ring (bicyclic) bond motifs is 5.